The van der Waals surface area contributed by atoms with E-state index >= 15 is 0 Å². The molecule has 0 radical (unpaired) electrons. The van der Waals surface area contributed by atoms with Gasteiger partial charge in [0, 0.05) is 19.8 Å². The Labute approximate surface area is 118 Å². The van der Waals surface area contributed by atoms with Crippen LogP contribution in [-0.2, 0) is 4.74 Å². The predicted molar refractivity (Wildman–Crippen MR) is 76.3 cm³/mol. The van der Waals surface area contributed by atoms with Crippen LogP contribution in [0.1, 0.15) is 30.6 Å². The molecule has 1 aromatic rings. The molecule has 1 aromatic heterocycles. The fourth-order valence-electron chi connectivity index (χ4n) is 1.41. The molecule has 0 aromatic carbocycles. The number of nitrogen functional groups attached to an aromatic ring is 1. The molecule has 0 saturated heterocycles. The molecule has 0 aliphatic carbocycles. The number of hydrogen-bond donors (Lipinski definition) is 2. The number of halogens is 1. The first-order valence-electron chi connectivity index (χ1n) is 6.27. The molecule has 1 heterocycles. The van der Waals surface area contributed by atoms with Gasteiger partial charge in [0.25, 0.3) is 5.91 Å². The zero-order valence-corrected chi connectivity index (χ0v) is 12.0. The number of carbonyl (C=O) groups excluding carboxylic acids is 1. The molecule has 0 aliphatic rings. The van der Waals surface area contributed by atoms with E-state index in [9.17, 15) is 4.79 Å². The first-order valence-corrected chi connectivity index (χ1v) is 6.65. The van der Waals surface area contributed by atoms with Crippen LogP contribution in [0.3, 0.4) is 0 Å². The van der Waals surface area contributed by atoms with Gasteiger partial charge in [-0.3, -0.25) is 4.79 Å². The molecular formula is C13H20ClN3O2. The minimum Gasteiger partial charge on any atom is -0.397 e. The number of nitrogens with two attached hydrogens (primary N) is 1. The number of aromatic nitrogens is 1. The van der Waals surface area contributed by atoms with E-state index in [0.717, 1.165) is 13.0 Å². The maximum Gasteiger partial charge on any atom is 0.254 e. The Balaban J connectivity index is 2.29. The summed E-state index contributed by atoms with van der Waals surface area (Å²) in [5.41, 5.74) is 6.27. The number of amides is 1. The second-order valence-electron chi connectivity index (χ2n) is 4.69. The highest BCUT2D eigenvalue weighted by molar-refractivity contribution is 6.32. The summed E-state index contributed by atoms with van der Waals surface area (Å²) < 4.78 is 5.42. The summed E-state index contributed by atoms with van der Waals surface area (Å²) in [6, 6.07) is 1.51. The largest absolute Gasteiger partial charge is 0.397 e. The standard InChI is InChI=1S/C13H20ClN3O2/c1-9(2)8-19-5-3-4-16-13(18)11-6-10(15)7-17-12(11)14/h6-7,9H,3-5,8,15H2,1-2H3,(H,16,18). The van der Waals surface area contributed by atoms with E-state index in [1.54, 1.807) is 0 Å². The molecule has 6 heteroatoms. The maximum absolute atomic E-state index is 11.8. The number of nitrogens with one attached hydrogen (secondary N) is 1. The second-order valence-corrected chi connectivity index (χ2v) is 5.04. The van der Waals surface area contributed by atoms with E-state index < -0.39 is 0 Å². The minimum absolute atomic E-state index is 0.155. The quantitative estimate of drug-likeness (QED) is 0.594. The van der Waals surface area contributed by atoms with Gasteiger partial charge in [-0.25, -0.2) is 4.98 Å². The lowest BCUT2D eigenvalue weighted by Crippen LogP contribution is -2.26. The van der Waals surface area contributed by atoms with Gasteiger partial charge in [0.15, 0.2) is 0 Å². The van der Waals surface area contributed by atoms with Crippen LogP contribution >= 0.6 is 11.6 Å². The van der Waals surface area contributed by atoms with Crippen LogP contribution in [0, 0.1) is 5.92 Å². The molecular weight excluding hydrogens is 266 g/mol. The lowest BCUT2D eigenvalue weighted by atomic mass is 10.2. The molecule has 106 valence electrons. The summed E-state index contributed by atoms with van der Waals surface area (Å²) >= 11 is 5.84. The van der Waals surface area contributed by atoms with Gasteiger partial charge in [0.2, 0.25) is 0 Å². The van der Waals surface area contributed by atoms with Crippen LogP contribution in [-0.4, -0.2) is 30.6 Å². The topological polar surface area (TPSA) is 77.2 Å². The Morgan fingerprint density at radius 1 is 1.58 bits per heavy atom. The highest BCUT2D eigenvalue weighted by atomic mass is 35.5. The number of rotatable bonds is 7. The van der Waals surface area contributed by atoms with Crippen LogP contribution in [0.5, 0.6) is 0 Å². The summed E-state index contributed by atoms with van der Waals surface area (Å²) in [6.07, 6.45) is 2.17. The maximum atomic E-state index is 11.8. The van der Waals surface area contributed by atoms with Crippen LogP contribution in [0.4, 0.5) is 5.69 Å². The van der Waals surface area contributed by atoms with Crippen LogP contribution in [0.15, 0.2) is 12.3 Å². The van der Waals surface area contributed by atoms with Crippen molar-refractivity contribution in [2.24, 2.45) is 5.92 Å². The molecule has 1 rings (SSSR count). The fourth-order valence-corrected chi connectivity index (χ4v) is 1.60. The normalized spacial score (nSPS) is 10.7. The van der Waals surface area contributed by atoms with Gasteiger partial charge in [-0.15, -0.1) is 0 Å². The van der Waals surface area contributed by atoms with Crippen molar-refractivity contribution in [3.05, 3.63) is 23.0 Å². The summed E-state index contributed by atoms with van der Waals surface area (Å²) in [7, 11) is 0. The van der Waals surface area contributed by atoms with Gasteiger partial charge < -0.3 is 15.8 Å². The Morgan fingerprint density at radius 2 is 2.32 bits per heavy atom. The molecule has 0 fully saturated rings. The highest BCUT2D eigenvalue weighted by Gasteiger charge is 2.11. The molecule has 0 unspecified atom stereocenters. The van der Waals surface area contributed by atoms with E-state index in [2.05, 4.69) is 24.1 Å². The number of anilines is 1. The Bertz CT molecular complexity index is 424. The minimum atomic E-state index is -0.270. The van der Waals surface area contributed by atoms with Crippen molar-refractivity contribution in [2.45, 2.75) is 20.3 Å². The molecule has 1 amide bonds. The van der Waals surface area contributed by atoms with Crippen molar-refractivity contribution in [3.63, 3.8) is 0 Å². The third-order valence-corrected chi connectivity index (χ3v) is 2.61. The third kappa shape index (κ3) is 5.89. The van der Waals surface area contributed by atoms with E-state index in [1.165, 1.54) is 12.3 Å². The molecule has 0 bridgehead atoms. The Kier molecular flexibility index (Phi) is 6.59. The first kappa shape index (κ1) is 15.7. The van der Waals surface area contributed by atoms with Gasteiger partial charge in [0.05, 0.1) is 17.4 Å². The van der Waals surface area contributed by atoms with E-state index in [1.807, 2.05) is 0 Å². The van der Waals surface area contributed by atoms with Crippen LogP contribution in [0.25, 0.3) is 0 Å². The summed E-state index contributed by atoms with van der Waals surface area (Å²) in [6.45, 7) is 6.08. The number of hydrogen-bond acceptors (Lipinski definition) is 4. The number of carbonyl (C=O) groups is 1. The van der Waals surface area contributed by atoms with Crippen molar-refractivity contribution in [1.29, 1.82) is 0 Å². The molecule has 5 nitrogen and oxygen atoms in total. The summed E-state index contributed by atoms with van der Waals surface area (Å²) in [5, 5.41) is 2.91. The zero-order valence-electron chi connectivity index (χ0n) is 11.3. The highest BCUT2D eigenvalue weighted by Crippen LogP contribution is 2.15. The molecule has 0 atom stereocenters. The third-order valence-electron chi connectivity index (χ3n) is 2.31. The van der Waals surface area contributed by atoms with E-state index in [-0.39, 0.29) is 11.1 Å². The van der Waals surface area contributed by atoms with Gasteiger partial charge in [-0.05, 0) is 18.4 Å². The molecule has 0 saturated carbocycles. The smallest absolute Gasteiger partial charge is 0.254 e. The van der Waals surface area contributed by atoms with Crippen molar-refractivity contribution in [3.8, 4) is 0 Å². The van der Waals surface area contributed by atoms with Gasteiger partial charge in [-0.1, -0.05) is 25.4 Å². The van der Waals surface area contributed by atoms with E-state index in [0.29, 0.717) is 30.3 Å². The number of nitrogens with zero attached hydrogens (tertiary/aromatic N) is 1. The zero-order chi connectivity index (χ0) is 14.3. The van der Waals surface area contributed by atoms with Gasteiger partial charge in [-0.2, -0.15) is 0 Å². The molecule has 0 spiro atoms. The summed E-state index contributed by atoms with van der Waals surface area (Å²) in [4.78, 5) is 15.7. The molecule has 0 aliphatic heterocycles. The van der Waals surface area contributed by atoms with Crippen molar-refractivity contribution >= 4 is 23.2 Å². The Morgan fingerprint density at radius 3 is 3.00 bits per heavy atom. The summed E-state index contributed by atoms with van der Waals surface area (Å²) in [5.74, 6) is 0.250. The molecule has 19 heavy (non-hydrogen) atoms. The predicted octanol–water partition coefficient (Wildman–Crippen LogP) is 2.11. The van der Waals surface area contributed by atoms with E-state index in [4.69, 9.17) is 22.1 Å². The van der Waals surface area contributed by atoms with Crippen molar-refractivity contribution < 1.29 is 9.53 Å². The SMILES string of the molecule is CC(C)COCCCNC(=O)c1cc(N)cnc1Cl. The monoisotopic (exact) mass is 285 g/mol. The first-order chi connectivity index (χ1) is 9.00. The van der Waals surface area contributed by atoms with Crippen LogP contribution in [0.2, 0.25) is 5.15 Å². The van der Waals surface area contributed by atoms with Crippen molar-refractivity contribution in [2.75, 3.05) is 25.5 Å². The van der Waals surface area contributed by atoms with Crippen molar-refractivity contribution in [1.82, 2.24) is 10.3 Å². The Hall–Kier alpha value is -1.33. The fraction of sp³-hybridized carbons (Fsp3) is 0.538. The lowest BCUT2D eigenvalue weighted by Gasteiger charge is -2.08. The molecule has 3 N–H and O–H groups in total. The van der Waals surface area contributed by atoms with Gasteiger partial charge in [0.1, 0.15) is 5.15 Å². The second kappa shape index (κ2) is 7.96. The van der Waals surface area contributed by atoms with Crippen LogP contribution < -0.4 is 11.1 Å². The number of pyridine rings is 1. The number of ether oxygens (including phenoxy) is 1. The average molecular weight is 286 g/mol. The lowest BCUT2D eigenvalue weighted by molar-refractivity contribution is 0.0925. The van der Waals surface area contributed by atoms with Gasteiger partial charge >= 0.3 is 0 Å². The average Bonchev–Trinajstić information content (AvgIpc) is 2.36.